The van der Waals surface area contributed by atoms with E-state index in [1.165, 1.54) is 0 Å². The molecule has 0 amide bonds. The van der Waals surface area contributed by atoms with Gasteiger partial charge in [-0.3, -0.25) is 4.90 Å². The third-order valence-corrected chi connectivity index (χ3v) is 2.52. The van der Waals surface area contributed by atoms with Crippen molar-refractivity contribution in [2.45, 2.75) is 20.4 Å². The number of rotatable bonds is 5. The number of nitrogens with zero attached hydrogens (tertiary/aromatic N) is 2. The second kappa shape index (κ2) is 6.14. The van der Waals surface area contributed by atoms with Crippen LogP contribution in [0.15, 0.2) is 24.3 Å². The number of phenolic OH excluding ortho intramolecular Hbond substituents is 1. The zero-order valence-electron chi connectivity index (χ0n) is 9.85. The van der Waals surface area contributed by atoms with E-state index in [0.717, 1.165) is 25.2 Å². The Labute approximate surface area is 96.9 Å². The summed E-state index contributed by atoms with van der Waals surface area (Å²) in [5, 5.41) is 18.1. The molecule has 86 valence electrons. The molecule has 0 bridgehead atoms. The monoisotopic (exact) mass is 218 g/mol. The van der Waals surface area contributed by atoms with Gasteiger partial charge in [0.25, 0.3) is 0 Å². The van der Waals surface area contributed by atoms with Crippen molar-refractivity contribution in [1.82, 2.24) is 4.90 Å². The minimum absolute atomic E-state index is 0.0391. The molecule has 0 heterocycles. The van der Waals surface area contributed by atoms with Crippen LogP contribution in [-0.4, -0.2) is 23.1 Å². The second-order valence-electron chi connectivity index (χ2n) is 4.03. The second-order valence-corrected chi connectivity index (χ2v) is 4.03. The molecule has 1 aromatic carbocycles. The molecule has 0 aromatic heterocycles. The summed E-state index contributed by atoms with van der Waals surface area (Å²) >= 11 is 0. The number of aromatic hydroxyl groups is 1. The molecule has 16 heavy (non-hydrogen) atoms. The average Bonchev–Trinajstić information content (AvgIpc) is 2.28. The van der Waals surface area contributed by atoms with E-state index >= 15 is 0 Å². The fourth-order valence-corrected chi connectivity index (χ4v) is 1.65. The highest BCUT2D eigenvalue weighted by Gasteiger charge is 2.08. The Morgan fingerprint density at radius 2 is 2.25 bits per heavy atom. The minimum Gasteiger partial charge on any atom is -0.508 e. The molecule has 1 aromatic rings. The maximum absolute atomic E-state index is 9.36. The van der Waals surface area contributed by atoms with Crippen molar-refractivity contribution in [3.05, 3.63) is 29.8 Å². The zero-order valence-corrected chi connectivity index (χ0v) is 9.85. The Hall–Kier alpha value is -1.53. The van der Waals surface area contributed by atoms with Gasteiger partial charge in [0.15, 0.2) is 0 Å². The molecule has 0 spiro atoms. The molecule has 3 heteroatoms. The lowest BCUT2D eigenvalue weighted by molar-refractivity contribution is 0.260. The largest absolute Gasteiger partial charge is 0.508 e. The van der Waals surface area contributed by atoms with Crippen LogP contribution in [0.4, 0.5) is 0 Å². The number of phenols is 1. The molecule has 1 N–H and O–H groups in total. The van der Waals surface area contributed by atoms with Crippen LogP contribution < -0.4 is 0 Å². The summed E-state index contributed by atoms with van der Waals surface area (Å²) in [6.07, 6.45) is 0. The lowest BCUT2D eigenvalue weighted by Crippen LogP contribution is -2.27. The van der Waals surface area contributed by atoms with Crippen molar-refractivity contribution >= 4 is 0 Å². The first-order valence-electron chi connectivity index (χ1n) is 5.55. The van der Waals surface area contributed by atoms with Gasteiger partial charge in [0.2, 0.25) is 0 Å². The Balaban J connectivity index is 2.60. The Bertz CT molecular complexity index is 370. The van der Waals surface area contributed by atoms with E-state index in [1.54, 1.807) is 12.1 Å². The van der Waals surface area contributed by atoms with Crippen molar-refractivity contribution < 1.29 is 5.11 Å². The summed E-state index contributed by atoms with van der Waals surface area (Å²) in [6, 6.07) is 9.49. The summed E-state index contributed by atoms with van der Waals surface area (Å²) in [4.78, 5) is 2.20. The van der Waals surface area contributed by atoms with Crippen LogP contribution >= 0.6 is 0 Å². The fraction of sp³-hybridized carbons (Fsp3) is 0.462. The van der Waals surface area contributed by atoms with Gasteiger partial charge in [-0.1, -0.05) is 19.1 Å². The molecule has 1 unspecified atom stereocenters. The highest BCUT2D eigenvalue weighted by molar-refractivity contribution is 5.26. The Morgan fingerprint density at radius 3 is 2.81 bits per heavy atom. The summed E-state index contributed by atoms with van der Waals surface area (Å²) in [7, 11) is 0. The van der Waals surface area contributed by atoms with E-state index in [2.05, 4.69) is 17.9 Å². The fourth-order valence-electron chi connectivity index (χ4n) is 1.65. The number of benzene rings is 1. The molecular formula is C13H18N2O. The number of nitriles is 1. The smallest absolute Gasteiger partial charge is 0.115 e. The van der Waals surface area contributed by atoms with Crippen molar-refractivity contribution in [2.75, 3.05) is 13.1 Å². The number of hydrogen-bond acceptors (Lipinski definition) is 3. The molecule has 0 saturated heterocycles. The molecule has 0 radical (unpaired) electrons. The van der Waals surface area contributed by atoms with E-state index in [0.29, 0.717) is 5.75 Å². The predicted molar refractivity (Wildman–Crippen MR) is 63.8 cm³/mol. The Kier molecular flexibility index (Phi) is 4.81. The molecule has 0 fully saturated rings. The van der Waals surface area contributed by atoms with Gasteiger partial charge in [-0.25, -0.2) is 0 Å². The summed E-state index contributed by atoms with van der Waals surface area (Å²) in [6.45, 7) is 6.44. The van der Waals surface area contributed by atoms with Gasteiger partial charge in [-0.05, 0) is 31.2 Å². The number of hydrogen-bond donors (Lipinski definition) is 1. The van der Waals surface area contributed by atoms with E-state index in [9.17, 15) is 5.11 Å². The molecule has 1 rings (SSSR count). The van der Waals surface area contributed by atoms with Gasteiger partial charge >= 0.3 is 0 Å². The van der Waals surface area contributed by atoms with Crippen LogP contribution in [-0.2, 0) is 6.54 Å². The van der Waals surface area contributed by atoms with E-state index in [-0.39, 0.29) is 5.92 Å². The predicted octanol–water partition coefficient (Wildman–Crippen LogP) is 2.37. The van der Waals surface area contributed by atoms with Crippen LogP contribution in [0.5, 0.6) is 5.75 Å². The van der Waals surface area contributed by atoms with Crippen molar-refractivity contribution in [2.24, 2.45) is 5.92 Å². The maximum atomic E-state index is 9.36. The minimum atomic E-state index is 0.0391. The highest BCUT2D eigenvalue weighted by Crippen LogP contribution is 2.13. The molecule has 0 aliphatic heterocycles. The lowest BCUT2D eigenvalue weighted by Gasteiger charge is -2.21. The summed E-state index contributed by atoms with van der Waals surface area (Å²) in [5.74, 6) is 0.333. The van der Waals surface area contributed by atoms with Gasteiger partial charge in [-0.2, -0.15) is 5.26 Å². The third-order valence-electron chi connectivity index (χ3n) is 2.52. The quantitative estimate of drug-likeness (QED) is 0.825. The molecule has 0 aliphatic carbocycles. The van der Waals surface area contributed by atoms with Crippen molar-refractivity contribution in [3.63, 3.8) is 0 Å². The lowest BCUT2D eigenvalue weighted by atomic mass is 10.1. The van der Waals surface area contributed by atoms with E-state index in [4.69, 9.17) is 5.26 Å². The van der Waals surface area contributed by atoms with Gasteiger partial charge in [0, 0.05) is 13.1 Å². The van der Waals surface area contributed by atoms with Gasteiger partial charge in [0.1, 0.15) is 5.75 Å². The van der Waals surface area contributed by atoms with E-state index < -0.39 is 0 Å². The topological polar surface area (TPSA) is 47.3 Å². The zero-order chi connectivity index (χ0) is 12.0. The molecule has 3 nitrogen and oxygen atoms in total. The van der Waals surface area contributed by atoms with Crippen molar-refractivity contribution in [3.8, 4) is 11.8 Å². The van der Waals surface area contributed by atoms with E-state index in [1.807, 2.05) is 19.1 Å². The molecule has 0 aliphatic rings. The standard InChI is InChI=1S/C13H18N2O/c1-3-15(9-11(2)8-14)10-12-5-4-6-13(16)7-12/h4-7,11,16H,3,9-10H2,1-2H3. The first kappa shape index (κ1) is 12.5. The van der Waals surface area contributed by atoms with Crippen LogP contribution in [0.2, 0.25) is 0 Å². The first-order chi connectivity index (χ1) is 7.65. The van der Waals surface area contributed by atoms with Crippen LogP contribution in [0, 0.1) is 17.2 Å². The van der Waals surface area contributed by atoms with Crippen LogP contribution in [0.3, 0.4) is 0 Å². The van der Waals surface area contributed by atoms with Gasteiger partial charge in [-0.15, -0.1) is 0 Å². The summed E-state index contributed by atoms with van der Waals surface area (Å²) < 4.78 is 0. The molecular weight excluding hydrogens is 200 g/mol. The SMILES string of the molecule is CCN(Cc1cccc(O)c1)CC(C)C#N. The molecule has 0 saturated carbocycles. The highest BCUT2D eigenvalue weighted by atomic mass is 16.3. The average molecular weight is 218 g/mol. The van der Waals surface area contributed by atoms with Crippen molar-refractivity contribution in [1.29, 1.82) is 5.26 Å². The summed E-state index contributed by atoms with van der Waals surface area (Å²) in [5.41, 5.74) is 1.08. The van der Waals surface area contributed by atoms with Crippen LogP contribution in [0.1, 0.15) is 19.4 Å². The molecule has 1 atom stereocenters. The maximum Gasteiger partial charge on any atom is 0.115 e. The Morgan fingerprint density at radius 1 is 1.50 bits per heavy atom. The van der Waals surface area contributed by atoms with Gasteiger partial charge in [0.05, 0.1) is 12.0 Å². The normalized spacial score (nSPS) is 12.4. The first-order valence-corrected chi connectivity index (χ1v) is 5.55. The third kappa shape index (κ3) is 3.92. The van der Waals surface area contributed by atoms with Crippen LogP contribution in [0.25, 0.3) is 0 Å². The van der Waals surface area contributed by atoms with Gasteiger partial charge < -0.3 is 5.11 Å².